The van der Waals surface area contributed by atoms with Gasteiger partial charge in [-0.15, -0.1) is 0 Å². The van der Waals surface area contributed by atoms with Gasteiger partial charge in [0.05, 0.1) is 0 Å². The van der Waals surface area contributed by atoms with E-state index >= 15 is 0 Å². The number of fused-ring (bicyclic) bond motifs is 1. The van der Waals surface area contributed by atoms with Gasteiger partial charge in [-0.2, -0.15) is 0 Å². The first-order chi connectivity index (χ1) is 8.88. The van der Waals surface area contributed by atoms with Crippen LogP contribution in [0.5, 0.6) is 0 Å². The van der Waals surface area contributed by atoms with Gasteiger partial charge >= 0.3 is 5.69 Å². The summed E-state index contributed by atoms with van der Waals surface area (Å²) in [6.07, 6.45) is 0. The van der Waals surface area contributed by atoms with Gasteiger partial charge in [-0.1, -0.05) is 25.6 Å². The Balaban J connectivity index is 2.91. The third-order valence-corrected chi connectivity index (χ3v) is 3.96. The van der Waals surface area contributed by atoms with Crippen molar-refractivity contribution in [1.29, 1.82) is 0 Å². The zero-order valence-corrected chi connectivity index (χ0v) is 12.6. The maximum Gasteiger partial charge on any atom is 0.332 e. The van der Waals surface area contributed by atoms with E-state index in [-0.39, 0.29) is 11.2 Å². The number of hydrogen-bond acceptors (Lipinski definition) is 4. The van der Waals surface area contributed by atoms with E-state index < -0.39 is 0 Å². The molecule has 0 saturated heterocycles. The SMILES string of the molecule is CCn1c(SC(C)C)nc2c1c(=O)n(C)c(=O)n2C. The van der Waals surface area contributed by atoms with Crippen LogP contribution < -0.4 is 11.2 Å². The summed E-state index contributed by atoms with van der Waals surface area (Å²) < 4.78 is 4.43. The fourth-order valence-corrected chi connectivity index (χ4v) is 2.93. The molecule has 2 rings (SSSR count). The lowest BCUT2D eigenvalue weighted by molar-refractivity contribution is 0.683. The summed E-state index contributed by atoms with van der Waals surface area (Å²) in [5.41, 5.74) is 0.316. The van der Waals surface area contributed by atoms with Crippen molar-refractivity contribution < 1.29 is 0 Å². The van der Waals surface area contributed by atoms with Crippen molar-refractivity contribution in [2.75, 3.05) is 0 Å². The molecule has 0 spiro atoms. The lowest BCUT2D eigenvalue weighted by Gasteiger charge is -2.07. The van der Waals surface area contributed by atoms with Gasteiger partial charge in [0.15, 0.2) is 16.3 Å². The number of aromatic nitrogens is 4. The van der Waals surface area contributed by atoms with E-state index in [4.69, 9.17) is 0 Å². The van der Waals surface area contributed by atoms with E-state index in [0.29, 0.717) is 23.0 Å². The molecule has 0 aromatic carbocycles. The zero-order chi connectivity index (χ0) is 14.3. The van der Waals surface area contributed by atoms with E-state index in [2.05, 4.69) is 18.8 Å². The highest BCUT2D eigenvalue weighted by Crippen LogP contribution is 2.24. The van der Waals surface area contributed by atoms with Crippen molar-refractivity contribution in [3.63, 3.8) is 0 Å². The predicted molar refractivity (Wildman–Crippen MR) is 76.9 cm³/mol. The van der Waals surface area contributed by atoms with Crippen molar-refractivity contribution in [3.8, 4) is 0 Å². The Bertz CT molecular complexity index is 739. The van der Waals surface area contributed by atoms with Crippen LogP contribution in [-0.4, -0.2) is 23.9 Å². The van der Waals surface area contributed by atoms with Crippen molar-refractivity contribution in [2.24, 2.45) is 14.1 Å². The minimum absolute atomic E-state index is 0.289. The summed E-state index contributed by atoms with van der Waals surface area (Å²) in [5, 5.41) is 1.15. The third-order valence-electron chi connectivity index (χ3n) is 2.97. The molecule has 0 radical (unpaired) electrons. The molecule has 7 heteroatoms. The summed E-state index contributed by atoms with van der Waals surface area (Å²) in [5.74, 6) is 0. The van der Waals surface area contributed by atoms with E-state index in [1.54, 1.807) is 18.8 Å². The monoisotopic (exact) mass is 282 g/mol. The molecule has 0 aliphatic rings. The molecule has 0 bridgehead atoms. The summed E-state index contributed by atoms with van der Waals surface area (Å²) in [6, 6.07) is 0. The van der Waals surface area contributed by atoms with E-state index in [0.717, 1.165) is 9.72 Å². The molecule has 0 unspecified atom stereocenters. The molecule has 0 fully saturated rings. The van der Waals surface area contributed by atoms with Crippen molar-refractivity contribution in [2.45, 2.75) is 37.7 Å². The smallest absolute Gasteiger partial charge is 0.313 e. The fraction of sp³-hybridized carbons (Fsp3) is 0.583. The zero-order valence-electron chi connectivity index (χ0n) is 11.8. The van der Waals surface area contributed by atoms with Gasteiger partial charge in [0.2, 0.25) is 0 Å². The molecular weight excluding hydrogens is 264 g/mol. The van der Waals surface area contributed by atoms with Crippen LogP contribution in [0.2, 0.25) is 0 Å². The summed E-state index contributed by atoms with van der Waals surface area (Å²) >= 11 is 1.59. The number of thioether (sulfide) groups is 1. The number of nitrogens with zero attached hydrogens (tertiary/aromatic N) is 4. The topological polar surface area (TPSA) is 61.8 Å². The second-order valence-corrected chi connectivity index (χ2v) is 6.23. The van der Waals surface area contributed by atoms with Gasteiger partial charge in [-0.3, -0.25) is 13.9 Å². The molecular formula is C12H18N4O2S. The van der Waals surface area contributed by atoms with Gasteiger partial charge in [0.25, 0.3) is 5.56 Å². The molecule has 104 valence electrons. The highest BCUT2D eigenvalue weighted by molar-refractivity contribution is 7.99. The van der Waals surface area contributed by atoms with Gasteiger partial charge in [-0.05, 0) is 6.92 Å². The molecule has 0 atom stereocenters. The number of rotatable bonds is 3. The molecule has 0 aliphatic heterocycles. The predicted octanol–water partition coefficient (Wildman–Crippen LogP) is 0.954. The van der Waals surface area contributed by atoms with Crippen molar-refractivity contribution in [3.05, 3.63) is 20.8 Å². The van der Waals surface area contributed by atoms with Crippen LogP contribution in [0.3, 0.4) is 0 Å². The lowest BCUT2D eigenvalue weighted by Crippen LogP contribution is -2.37. The third kappa shape index (κ3) is 2.11. The number of aryl methyl sites for hydroxylation is 2. The minimum atomic E-state index is -0.348. The van der Waals surface area contributed by atoms with E-state index in [1.165, 1.54) is 11.6 Å². The Morgan fingerprint density at radius 2 is 1.84 bits per heavy atom. The number of hydrogen-bond donors (Lipinski definition) is 0. The second kappa shape index (κ2) is 4.88. The Labute approximate surface area is 115 Å². The fourth-order valence-electron chi connectivity index (χ4n) is 2.02. The maximum atomic E-state index is 12.3. The Morgan fingerprint density at radius 1 is 1.21 bits per heavy atom. The molecule has 0 aliphatic carbocycles. The van der Waals surface area contributed by atoms with Crippen LogP contribution in [0.4, 0.5) is 0 Å². The van der Waals surface area contributed by atoms with E-state index in [1.807, 2.05) is 11.5 Å². The molecule has 2 aromatic rings. The first-order valence-corrected chi connectivity index (χ1v) is 7.09. The molecule has 0 amide bonds. The maximum absolute atomic E-state index is 12.3. The van der Waals surface area contributed by atoms with Crippen molar-refractivity contribution >= 4 is 22.9 Å². The Kier molecular flexibility index (Phi) is 3.58. The Morgan fingerprint density at radius 3 is 2.37 bits per heavy atom. The average Bonchev–Trinajstić information content (AvgIpc) is 2.71. The van der Waals surface area contributed by atoms with Crippen LogP contribution in [0.1, 0.15) is 20.8 Å². The normalized spacial score (nSPS) is 11.7. The highest BCUT2D eigenvalue weighted by atomic mass is 32.2. The summed E-state index contributed by atoms with van der Waals surface area (Å²) in [6.45, 7) is 6.76. The van der Waals surface area contributed by atoms with Gasteiger partial charge in [-0.25, -0.2) is 9.78 Å². The Hall–Kier alpha value is -1.50. The first-order valence-electron chi connectivity index (χ1n) is 6.21. The summed E-state index contributed by atoms with van der Waals surface area (Å²) in [7, 11) is 3.13. The van der Waals surface area contributed by atoms with Crippen LogP contribution >= 0.6 is 11.8 Å². The van der Waals surface area contributed by atoms with E-state index in [9.17, 15) is 9.59 Å². The minimum Gasteiger partial charge on any atom is -0.313 e. The van der Waals surface area contributed by atoms with Crippen molar-refractivity contribution in [1.82, 2.24) is 18.7 Å². The molecule has 0 saturated carbocycles. The van der Waals surface area contributed by atoms with Crippen LogP contribution in [0.15, 0.2) is 14.7 Å². The average molecular weight is 282 g/mol. The summed E-state index contributed by atoms with van der Waals surface area (Å²) in [4.78, 5) is 28.6. The van der Waals surface area contributed by atoms with Gasteiger partial charge in [0.1, 0.15) is 0 Å². The number of imidazole rings is 1. The standard InChI is InChI=1S/C12H18N4O2S/c1-6-16-8-9(13-11(16)19-7(2)3)14(4)12(18)15(5)10(8)17/h7H,6H2,1-5H3. The molecule has 6 nitrogen and oxygen atoms in total. The lowest BCUT2D eigenvalue weighted by atomic mass is 10.5. The molecule has 2 aromatic heterocycles. The molecule has 0 N–H and O–H groups in total. The molecule has 2 heterocycles. The van der Waals surface area contributed by atoms with Gasteiger partial charge in [0, 0.05) is 25.9 Å². The highest BCUT2D eigenvalue weighted by Gasteiger charge is 2.18. The molecule has 19 heavy (non-hydrogen) atoms. The quantitative estimate of drug-likeness (QED) is 0.787. The van der Waals surface area contributed by atoms with Crippen LogP contribution in [0.25, 0.3) is 11.2 Å². The van der Waals surface area contributed by atoms with Crippen LogP contribution in [0, 0.1) is 0 Å². The van der Waals surface area contributed by atoms with Crippen LogP contribution in [-0.2, 0) is 20.6 Å². The largest absolute Gasteiger partial charge is 0.332 e. The second-order valence-electron chi connectivity index (χ2n) is 4.68. The van der Waals surface area contributed by atoms with Gasteiger partial charge < -0.3 is 4.57 Å². The first kappa shape index (κ1) is 13.9.